The average Bonchev–Trinajstić information content (AvgIpc) is 2.46. The summed E-state index contributed by atoms with van der Waals surface area (Å²) >= 11 is 0. The molecule has 2 rings (SSSR count). The third-order valence-electron chi connectivity index (χ3n) is 3.74. The van der Waals surface area contributed by atoms with Crippen molar-refractivity contribution >= 4 is 0 Å². The minimum Gasteiger partial charge on any atom is -0.491 e. The fraction of sp³-hybridized carbons (Fsp3) is 0.647. The van der Waals surface area contributed by atoms with Gasteiger partial charge in [0.05, 0.1) is 6.10 Å². The average molecular weight is 293 g/mol. The second-order valence-electron chi connectivity index (χ2n) is 5.99. The zero-order chi connectivity index (χ0) is 15.1. The Labute approximate surface area is 127 Å². The highest BCUT2D eigenvalue weighted by Gasteiger charge is 2.17. The van der Waals surface area contributed by atoms with Crippen molar-refractivity contribution in [3.63, 3.8) is 0 Å². The number of aliphatic hydroxyl groups excluding tert-OH is 1. The van der Waals surface area contributed by atoms with Crippen LogP contribution >= 0.6 is 0 Å². The molecule has 0 amide bonds. The number of rotatable bonds is 7. The molecule has 1 N–H and O–H groups in total. The molecular weight excluding hydrogens is 266 g/mol. The molecule has 21 heavy (non-hydrogen) atoms. The maximum absolute atomic E-state index is 10.1. The van der Waals surface area contributed by atoms with Crippen LogP contribution in [0.4, 0.5) is 0 Å². The quantitative estimate of drug-likeness (QED) is 0.837. The molecule has 2 unspecified atom stereocenters. The molecule has 0 saturated carbocycles. The summed E-state index contributed by atoms with van der Waals surface area (Å²) in [5.41, 5.74) is 1.16. The van der Waals surface area contributed by atoms with Gasteiger partial charge in [-0.15, -0.1) is 0 Å². The maximum atomic E-state index is 10.1. The number of hydrogen-bond acceptors (Lipinski definition) is 4. The molecule has 1 heterocycles. The highest BCUT2D eigenvalue weighted by molar-refractivity contribution is 5.27. The van der Waals surface area contributed by atoms with Crippen LogP contribution in [0.2, 0.25) is 0 Å². The number of nitrogens with zero attached hydrogens (tertiary/aromatic N) is 1. The van der Waals surface area contributed by atoms with Crippen LogP contribution in [0.25, 0.3) is 0 Å². The Morgan fingerprint density at radius 2 is 2.29 bits per heavy atom. The van der Waals surface area contributed by atoms with E-state index in [-0.39, 0.29) is 0 Å². The zero-order valence-electron chi connectivity index (χ0n) is 13.1. The minimum absolute atomic E-state index is 0.314. The van der Waals surface area contributed by atoms with Crippen molar-refractivity contribution in [2.45, 2.75) is 38.4 Å². The predicted molar refractivity (Wildman–Crippen MR) is 83.8 cm³/mol. The van der Waals surface area contributed by atoms with Crippen molar-refractivity contribution in [1.82, 2.24) is 4.90 Å². The molecule has 1 aliphatic heterocycles. The second kappa shape index (κ2) is 8.37. The van der Waals surface area contributed by atoms with Gasteiger partial charge < -0.3 is 19.5 Å². The second-order valence-corrected chi connectivity index (χ2v) is 5.99. The van der Waals surface area contributed by atoms with Crippen molar-refractivity contribution in [3.05, 3.63) is 29.8 Å². The lowest BCUT2D eigenvalue weighted by Gasteiger charge is -2.28. The molecule has 4 heteroatoms. The first-order chi connectivity index (χ1) is 10.1. The Morgan fingerprint density at radius 3 is 3.00 bits per heavy atom. The highest BCUT2D eigenvalue weighted by Crippen LogP contribution is 2.14. The van der Waals surface area contributed by atoms with Crippen LogP contribution in [-0.2, 0) is 4.74 Å². The summed E-state index contributed by atoms with van der Waals surface area (Å²) in [6.07, 6.45) is 3.37. The summed E-state index contributed by atoms with van der Waals surface area (Å²) in [7, 11) is 2.02. The molecule has 118 valence electrons. The Kier molecular flexibility index (Phi) is 6.49. The Bertz CT molecular complexity index is 418. The molecule has 0 spiro atoms. The summed E-state index contributed by atoms with van der Waals surface area (Å²) in [4.78, 5) is 2.13. The fourth-order valence-electron chi connectivity index (χ4n) is 2.68. The predicted octanol–water partition coefficient (Wildman–Crippen LogP) is 2.24. The van der Waals surface area contributed by atoms with Crippen LogP contribution in [-0.4, -0.2) is 55.6 Å². The van der Waals surface area contributed by atoms with Crippen molar-refractivity contribution in [2.75, 3.05) is 33.4 Å². The molecule has 0 radical (unpaired) electrons. The lowest BCUT2D eigenvalue weighted by atomic mass is 10.1. The lowest BCUT2D eigenvalue weighted by Crippen LogP contribution is -2.39. The maximum Gasteiger partial charge on any atom is 0.119 e. The largest absolute Gasteiger partial charge is 0.491 e. The van der Waals surface area contributed by atoms with Gasteiger partial charge in [-0.1, -0.05) is 12.1 Å². The topological polar surface area (TPSA) is 41.9 Å². The molecular formula is C17H27NO3. The zero-order valence-corrected chi connectivity index (χ0v) is 13.1. The smallest absolute Gasteiger partial charge is 0.119 e. The first kappa shape index (κ1) is 16.3. The molecule has 1 saturated heterocycles. The number of likely N-dealkylation sites (N-methyl/N-ethyl adjacent to an activating group) is 1. The van der Waals surface area contributed by atoms with Gasteiger partial charge in [-0.25, -0.2) is 0 Å². The van der Waals surface area contributed by atoms with E-state index in [1.807, 2.05) is 38.2 Å². The molecule has 2 atom stereocenters. The molecule has 1 aromatic carbocycles. The highest BCUT2D eigenvalue weighted by atomic mass is 16.5. The van der Waals surface area contributed by atoms with Crippen LogP contribution in [0.5, 0.6) is 5.75 Å². The van der Waals surface area contributed by atoms with Gasteiger partial charge >= 0.3 is 0 Å². The van der Waals surface area contributed by atoms with E-state index in [1.54, 1.807) is 0 Å². The van der Waals surface area contributed by atoms with Gasteiger partial charge in [0.15, 0.2) is 0 Å². The molecule has 0 aromatic heterocycles. The van der Waals surface area contributed by atoms with Gasteiger partial charge in [0.25, 0.3) is 0 Å². The van der Waals surface area contributed by atoms with Gasteiger partial charge in [-0.2, -0.15) is 0 Å². The standard InChI is InChI=1S/C17H27NO3/c1-14-6-5-8-16(10-14)21-13-15(19)11-18(2)12-17-7-3-4-9-20-17/h5-6,8,10,15,17,19H,3-4,7,9,11-13H2,1-2H3. The van der Waals surface area contributed by atoms with E-state index in [0.29, 0.717) is 19.3 Å². The van der Waals surface area contributed by atoms with Crippen LogP contribution in [0.1, 0.15) is 24.8 Å². The van der Waals surface area contributed by atoms with Gasteiger partial charge in [-0.05, 0) is 50.9 Å². The Balaban J connectivity index is 1.67. The van der Waals surface area contributed by atoms with Crippen LogP contribution in [0, 0.1) is 6.92 Å². The number of aliphatic hydroxyl groups is 1. The van der Waals surface area contributed by atoms with Crippen LogP contribution in [0.15, 0.2) is 24.3 Å². The number of aryl methyl sites for hydroxylation is 1. The van der Waals surface area contributed by atoms with Crippen molar-refractivity contribution in [1.29, 1.82) is 0 Å². The normalized spacial score (nSPS) is 20.5. The molecule has 0 aliphatic carbocycles. The summed E-state index contributed by atoms with van der Waals surface area (Å²) in [6, 6.07) is 7.89. The number of ether oxygens (including phenoxy) is 2. The van der Waals surface area contributed by atoms with E-state index < -0.39 is 6.10 Å². The van der Waals surface area contributed by atoms with E-state index in [9.17, 15) is 5.11 Å². The first-order valence-electron chi connectivity index (χ1n) is 7.81. The first-order valence-corrected chi connectivity index (χ1v) is 7.81. The van der Waals surface area contributed by atoms with E-state index in [4.69, 9.17) is 9.47 Å². The summed E-state index contributed by atoms with van der Waals surface area (Å²) < 4.78 is 11.3. The van der Waals surface area contributed by atoms with Gasteiger partial charge in [0, 0.05) is 19.7 Å². The summed E-state index contributed by atoms with van der Waals surface area (Å²) in [6.45, 7) is 4.70. The Hall–Kier alpha value is -1.10. The van der Waals surface area contributed by atoms with E-state index in [0.717, 1.165) is 30.9 Å². The van der Waals surface area contributed by atoms with Crippen LogP contribution in [0.3, 0.4) is 0 Å². The van der Waals surface area contributed by atoms with Gasteiger partial charge in [0.2, 0.25) is 0 Å². The number of benzene rings is 1. The molecule has 1 aromatic rings. The molecule has 1 fully saturated rings. The minimum atomic E-state index is -0.487. The van der Waals surface area contributed by atoms with Crippen molar-refractivity contribution in [3.8, 4) is 5.75 Å². The van der Waals surface area contributed by atoms with E-state index in [2.05, 4.69) is 4.90 Å². The summed E-state index contributed by atoms with van der Waals surface area (Å²) in [5, 5.41) is 10.1. The summed E-state index contributed by atoms with van der Waals surface area (Å²) in [5.74, 6) is 0.812. The van der Waals surface area contributed by atoms with Gasteiger partial charge in [0.1, 0.15) is 18.5 Å². The lowest BCUT2D eigenvalue weighted by molar-refractivity contribution is -0.0109. The van der Waals surface area contributed by atoms with Crippen molar-refractivity contribution in [2.24, 2.45) is 0 Å². The van der Waals surface area contributed by atoms with Gasteiger partial charge in [-0.3, -0.25) is 0 Å². The van der Waals surface area contributed by atoms with Crippen LogP contribution < -0.4 is 4.74 Å². The fourth-order valence-corrected chi connectivity index (χ4v) is 2.68. The van der Waals surface area contributed by atoms with Crippen molar-refractivity contribution < 1.29 is 14.6 Å². The van der Waals surface area contributed by atoms with E-state index in [1.165, 1.54) is 12.8 Å². The molecule has 4 nitrogen and oxygen atoms in total. The third-order valence-corrected chi connectivity index (χ3v) is 3.74. The number of hydrogen-bond donors (Lipinski definition) is 1. The SMILES string of the molecule is Cc1cccc(OCC(O)CN(C)CC2CCCCO2)c1. The molecule has 0 bridgehead atoms. The molecule has 1 aliphatic rings. The van der Waals surface area contributed by atoms with E-state index >= 15 is 0 Å². The third kappa shape index (κ3) is 6.04. The Morgan fingerprint density at radius 1 is 1.43 bits per heavy atom. The monoisotopic (exact) mass is 293 g/mol.